The Morgan fingerprint density at radius 2 is 2.15 bits per heavy atom. The molecule has 3 rings (SSSR count). The third-order valence-electron chi connectivity index (χ3n) is 4.19. The summed E-state index contributed by atoms with van der Waals surface area (Å²) in [4.78, 5) is 2.57. The summed E-state index contributed by atoms with van der Waals surface area (Å²) in [6.45, 7) is 7.73. The molecule has 20 heavy (non-hydrogen) atoms. The zero-order valence-electron chi connectivity index (χ0n) is 12.4. The summed E-state index contributed by atoms with van der Waals surface area (Å²) in [5.74, 6) is 1.03. The van der Waals surface area contributed by atoms with Gasteiger partial charge in [-0.1, -0.05) is 25.1 Å². The number of hydrogen-bond acceptors (Lipinski definition) is 3. The molecule has 1 aromatic carbocycles. The van der Waals surface area contributed by atoms with Gasteiger partial charge in [-0.15, -0.1) is 0 Å². The van der Waals surface area contributed by atoms with Gasteiger partial charge in [-0.3, -0.25) is 4.90 Å². The minimum atomic E-state index is 0.264. The van der Waals surface area contributed by atoms with Crippen molar-refractivity contribution in [2.75, 3.05) is 19.6 Å². The van der Waals surface area contributed by atoms with E-state index in [4.69, 9.17) is 4.42 Å². The average Bonchev–Trinajstić information content (AvgIpc) is 3.21. The van der Waals surface area contributed by atoms with Gasteiger partial charge in [0.05, 0.1) is 6.04 Å². The minimum Gasteiger partial charge on any atom is -0.459 e. The summed E-state index contributed by atoms with van der Waals surface area (Å²) in [6.07, 6.45) is 2.76. The molecule has 1 N–H and O–H groups in total. The Labute approximate surface area is 120 Å². The van der Waals surface area contributed by atoms with Crippen LogP contribution in [0.3, 0.4) is 0 Å². The molecule has 1 aliphatic rings. The lowest BCUT2D eigenvalue weighted by atomic mass is 10.2. The number of hydrogen-bond donors (Lipinski definition) is 1. The van der Waals surface area contributed by atoms with E-state index in [0.29, 0.717) is 0 Å². The normalized spacial score (nSPS) is 16.9. The zero-order valence-corrected chi connectivity index (χ0v) is 12.4. The van der Waals surface area contributed by atoms with Crippen molar-refractivity contribution < 1.29 is 4.42 Å². The zero-order chi connectivity index (χ0) is 13.9. The van der Waals surface area contributed by atoms with E-state index in [1.165, 1.54) is 18.2 Å². The predicted octanol–water partition coefficient (Wildman–Crippen LogP) is 3.57. The maximum atomic E-state index is 5.90. The first-order chi connectivity index (χ1) is 9.78. The molecule has 0 aliphatic heterocycles. The smallest absolute Gasteiger partial charge is 0.134 e. The van der Waals surface area contributed by atoms with E-state index < -0.39 is 0 Å². The highest BCUT2D eigenvalue weighted by molar-refractivity contribution is 5.77. The Bertz CT molecular complexity index is 526. The van der Waals surface area contributed by atoms with Gasteiger partial charge in [0.2, 0.25) is 0 Å². The lowest BCUT2D eigenvalue weighted by Gasteiger charge is -2.21. The topological polar surface area (TPSA) is 28.4 Å². The van der Waals surface area contributed by atoms with Crippen molar-refractivity contribution in [2.45, 2.75) is 38.8 Å². The van der Waals surface area contributed by atoms with E-state index in [1.54, 1.807) is 0 Å². The highest BCUT2D eigenvalue weighted by atomic mass is 16.3. The highest BCUT2D eigenvalue weighted by Gasteiger charge is 2.27. The van der Waals surface area contributed by atoms with Crippen LogP contribution in [0.25, 0.3) is 11.0 Å². The molecular formula is C17H24N2O. The van der Waals surface area contributed by atoms with Crippen LogP contribution in [0.15, 0.2) is 34.7 Å². The minimum absolute atomic E-state index is 0.264. The molecule has 0 amide bonds. The molecule has 1 heterocycles. The van der Waals surface area contributed by atoms with E-state index in [-0.39, 0.29) is 6.04 Å². The fourth-order valence-corrected chi connectivity index (χ4v) is 2.78. The molecule has 1 aliphatic carbocycles. The van der Waals surface area contributed by atoms with Crippen molar-refractivity contribution in [3.63, 3.8) is 0 Å². The number of para-hydroxylation sites is 1. The molecule has 1 fully saturated rings. The number of rotatable bonds is 7. The third kappa shape index (κ3) is 3.05. The second-order valence-corrected chi connectivity index (χ2v) is 5.72. The first kappa shape index (κ1) is 13.7. The first-order valence-corrected chi connectivity index (χ1v) is 7.74. The Morgan fingerprint density at radius 3 is 2.85 bits per heavy atom. The molecule has 3 heteroatoms. The van der Waals surface area contributed by atoms with Crippen LogP contribution in [-0.4, -0.2) is 30.6 Å². The monoisotopic (exact) mass is 272 g/mol. The Kier molecular flexibility index (Phi) is 4.08. The van der Waals surface area contributed by atoms with E-state index in [9.17, 15) is 0 Å². The number of furan rings is 1. The molecule has 3 nitrogen and oxygen atoms in total. The van der Waals surface area contributed by atoms with E-state index in [0.717, 1.165) is 37.0 Å². The first-order valence-electron chi connectivity index (χ1n) is 7.74. The number of likely N-dealkylation sites (N-methyl/N-ethyl adjacent to an activating group) is 1. The molecule has 1 atom stereocenters. The summed E-state index contributed by atoms with van der Waals surface area (Å²) in [6, 6.07) is 11.4. The second-order valence-electron chi connectivity index (χ2n) is 5.72. The quantitative estimate of drug-likeness (QED) is 0.835. The summed E-state index contributed by atoms with van der Waals surface area (Å²) in [5, 5.41) is 4.76. The van der Waals surface area contributed by atoms with Crippen LogP contribution in [0, 0.1) is 0 Å². The van der Waals surface area contributed by atoms with Gasteiger partial charge in [-0.05, 0) is 38.4 Å². The molecule has 1 aromatic heterocycles. The van der Waals surface area contributed by atoms with Crippen molar-refractivity contribution in [2.24, 2.45) is 0 Å². The Balaban J connectivity index is 1.54. The second kappa shape index (κ2) is 5.98. The van der Waals surface area contributed by atoms with Crippen LogP contribution in [0.1, 0.15) is 38.5 Å². The standard InChI is InChI=1S/C17H24N2O/c1-3-19(15-8-9-15)11-10-18-13(2)17-12-14-6-4-5-7-16(14)20-17/h4-7,12-13,15,18H,3,8-11H2,1-2H3. The molecule has 1 unspecified atom stereocenters. The lowest BCUT2D eigenvalue weighted by Crippen LogP contribution is -2.34. The Hall–Kier alpha value is -1.32. The summed E-state index contributed by atoms with van der Waals surface area (Å²) < 4.78 is 5.90. The van der Waals surface area contributed by atoms with E-state index in [2.05, 4.69) is 42.3 Å². The molecule has 108 valence electrons. The average molecular weight is 272 g/mol. The van der Waals surface area contributed by atoms with Gasteiger partial charge in [0, 0.05) is 24.5 Å². The van der Waals surface area contributed by atoms with Gasteiger partial charge in [-0.25, -0.2) is 0 Å². The number of benzene rings is 1. The van der Waals surface area contributed by atoms with Crippen LogP contribution in [0.2, 0.25) is 0 Å². The Morgan fingerprint density at radius 1 is 1.35 bits per heavy atom. The molecule has 2 aromatic rings. The number of nitrogens with zero attached hydrogens (tertiary/aromatic N) is 1. The highest BCUT2D eigenvalue weighted by Crippen LogP contribution is 2.26. The van der Waals surface area contributed by atoms with Crippen LogP contribution in [-0.2, 0) is 0 Å². The molecule has 1 saturated carbocycles. The predicted molar refractivity (Wildman–Crippen MR) is 82.9 cm³/mol. The summed E-state index contributed by atoms with van der Waals surface area (Å²) >= 11 is 0. The molecular weight excluding hydrogens is 248 g/mol. The van der Waals surface area contributed by atoms with Crippen LogP contribution in [0.4, 0.5) is 0 Å². The summed E-state index contributed by atoms with van der Waals surface area (Å²) in [7, 11) is 0. The van der Waals surface area contributed by atoms with Gasteiger partial charge in [0.1, 0.15) is 11.3 Å². The molecule has 0 saturated heterocycles. The van der Waals surface area contributed by atoms with E-state index >= 15 is 0 Å². The van der Waals surface area contributed by atoms with Crippen LogP contribution in [0.5, 0.6) is 0 Å². The van der Waals surface area contributed by atoms with Gasteiger partial charge in [0.15, 0.2) is 0 Å². The van der Waals surface area contributed by atoms with Gasteiger partial charge >= 0.3 is 0 Å². The molecule has 0 bridgehead atoms. The molecule has 0 radical (unpaired) electrons. The van der Waals surface area contributed by atoms with Crippen molar-refractivity contribution in [1.82, 2.24) is 10.2 Å². The van der Waals surface area contributed by atoms with Gasteiger partial charge in [0.25, 0.3) is 0 Å². The van der Waals surface area contributed by atoms with Crippen molar-refractivity contribution in [3.05, 3.63) is 36.1 Å². The maximum absolute atomic E-state index is 5.90. The number of nitrogens with one attached hydrogen (secondary N) is 1. The maximum Gasteiger partial charge on any atom is 0.134 e. The van der Waals surface area contributed by atoms with Crippen LogP contribution >= 0.6 is 0 Å². The fraction of sp³-hybridized carbons (Fsp3) is 0.529. The summed E-state index contributed by atoms with van der Waals surface area (Å²) in [5.41, 5.74) is 0.976. The van der Waals surface area contributed by atoms with Crippen molar-refractivity contribution in [3.8, 4) is 0 Å². The van der Waals surface area contributed by atoms with Crippen molar-refractivity contribution >= 4 is 11.0 Å². The fourth-order valence-electron chi connectivity index (χ4n) is 2.78. The third-order valence-corrected chi connectivity index (χ3v) is 4.19. The molecule has 0 spiro atoms. The lowest BCUT2D eigenvalue weighted by molar-refractivity contribution is 0.271. The van der Waals surface area contributed by atoms with Gasteiger partial charge < -0.3 is 9.73 Å². The SMILES string of the molecule is CCN(CCNC(C)c1cc2ccccc2o1)C1CC1. The van der Waals surface area contributed by atoms with Crippen molar-refractivity contribution in [1.29, 1.82) is 0 Å². The largest absolute Gasteiger partial charge is 0.459 e. The van der Waals surface area contributed by atoms with Gasteiger partial charge in [-0.2, -0.15) is 0 Å². The van der Waals surface area contributed by atoms with E-state index in [1.807, 2.05) is 12.1 Å². The number of fused-ring (bicyclic) bond motifs is 1. The van der Waals surface area contributed by atoms with Crippen LogP contribution < -0.4 is 5.32 Å².